The molecule has 1 aliphatic heterocycles. The van der Waals surface area contributed by atoms with Crippen molar-refractivity contribution in [2.75, 3.05) is 5.32 Å². The second-order valence-electron chi connectivity index (χ2n) is 6.89. The first-order valence-electron chi connectivity index (χ1n) is 8.59. The van der Waals surface area contributed by atoms with Crippen molar-refractivity contribution in [3.8, 4) is 0 Å². The topological polar surface area (TPSA) is 99.9 Å². The van der Waals surface area contributed by atoms with Gasteiger partial charge in [-0.1, -0.05) is 26.0 Å². The van der Waals surface area contributed by atoms with Crippen LogP contribution < -0.4 is 10.0 Å². The molecule has 3 rings (SSSR count). The van der Waals surface area contributed by atoms with E-state index in [0.29, 0.717) is 5.56 Å². The summed E-state index contributed by atoms with van der Waals surface area (Å²) in [5.41, 5.74) is 0.292. The molecular formula is C18H21F2N5O2S. The minimum absolute atomic E-state index is 0.0991. The lowest BCUT2D eigenvalue weighted by Gasteiger charge is -2.18. The van der Waals surface area contributed by atoms with Gasteiger partial charge < -0.3 is 9.88 Å². The number of nitrogens with zero attached hydrogens (tertiary/aromatic N) is 2. The average molecular weight is 409 g/mol. The van der Waals surface area contributed by atoms with Gasteiger partial charge in [-0.05, 0) is 18.1 Å². The Morgan fingerprint density at radius 1 is 1.43 bits per heavy atom. The summed E-state index contributed by atoms with van der Waals surface area (Å²) in [4.78, 5) is 16.6. The molecule has 3 heterocycles. The van der Waals surface area contributed by atoms with Crippen molar-refractivity contribution in [3.05, 3.63) is 47.6 Å². The molecule has 0 saturated carbocycles. The number of aryl methyl sites for hydroxylation is 1. The van der Waals surface area contributed by atoms with Crippen LogP contribution in [0.2, 0.25) is 0 Å². The van der Waals surface area contributed by atoms with Crippen LogP contribution in [-0.4, -0.2) is 25.7 Å². The molecule has 0 saturated heterocycles. The van der Waals surface area contributed by atoms with Gasteiger partial charge in [0.2, 0.25) is 0 Å². The third kappa shape index (κ3) is 3.83. The predicted octanol–water partition coefficient (Wildman–Crippen LogP) is 3.57. The highest BCUT2D eigenvalue weighted by Crippen LogP contribution is 2.29. The lowest BCUT2D eigenvalue weighted by atomic mass is 10.0. The molecule has 2 aromatic rings. The van der Waals surface area contributed by atoms with Crippen LogP contribution in [0.25, 0.3) is 6.08 Å². The van der Waals surface area contributed by atoms with E-state index in [-0.39, 0.29) is 28.2 Å². The van der Waals surface area contributed by atoms with Gasteiger partial charge in [0.05, 0.1) is 4.90 Å². The van der Waals surface area contributed by atoms with E-state index in [1.54, 1.807) is 19.2 Å². The average Bonchev–Trinajstić information content (AvgIpc) is 2.89. The van der Waals surface area contributed by atoms with E-state index in [4.69, 9.17) is 4.78 Å². The highest BCUT2D eigenvalue weighted by atomic mass is 32.2. The molecule has 28 heavy (non-hydrogen) atoms. The second-order valence-corrected chi connectivity index (χ2v) is 8.68. The van der Waals surface area contributed by atoms with E-state index < -0.39 is 27.9 Å². The van der Waals surface area contributed by atoms with Gasteiger partial charge in [0.15, 0.2) is 0 Å². The van der Waals surface area contributed by atoms with E-state index in [1.807, 2.05) is 13.8 Å². The van der Waals surface area contributed by atoms with Crippen molar-refractivity contribution in [2.45, 2.75) is 31.2 Å². The van der Waals surface area contributed by atoms with Gasteiger partial charge in [0.25, 0.3) is 12.3 Å². The normalized spacial score (nSPS) is 21.6. The molecule has 0 radical (unpaired) electrons. The highest BCUT2D eigenvalue weighted by Gasteiger charge is 2.29. The van der Waals surface area contributed by atoms with Crippen molar-refractivity contribution in [2.24, 2.45) is 13.0 Å². The van der Waals surface area contributed by atoms with Crippen molar-refractivity contribution in [1.29, 1.82) is 4.78 Å². The van der Waals surface area contributed by atoms with Crippen LogP contribution in [-0.2, 0) is 17.0 Å². The largest absolute Gasteiger partial charge is 0.345 e. The Bertz CT molecular complexity index is 1040. The number of alkyl halides is 2. The molecule has 0 aromatic carbocycles. The fourth-order valence-corrected chi connectivity index (χ4v) is 4.62. The maximum atomic E-state index is 12.9. The van der Waals surface area contributed by atoms with Crippen molar-refractivity contribution in [1.82, 2.24) is 14.3 Å². The Balaban J connectivity index is 2.00. The van der Waals surface area contributed by atoms with Gasteiger partial charge >= 0.3 is 0 Å². The maximum Gasteiger partial charge on any atom is 0.280 e. The fourth-order valence-electron chi connectivity index (χ4n) is 2.98. The first-order valence-corrected chi connectivity index (χ1v) is 10.1. The minimum atomic E-state index is -3.32. The number of halogens is 2. The Morgan fingerprint density at radius 2 is 2.14 bits per heavy atom. The standard InChI is InChI=1S/C18H21F2N5O2S/c1-10(2)13-5-4-12-15(28(21,27)24-13)9-25(3)16(12)18(26)23-11-6-7-22-14(8-11)17(19)20/h4-10,13,17H,1-3H3,(H2,21,24,27)(H,22,23,26)/t13-,28?/m1/s1. The number of carbonyl (C=O) groups is 1. The van der Waals surface area contributed by atoms with E-state index in [9.17, 15) is 17.8 Å². The minimum Gasteiger partial charge on any atom is -0.345 e. The molecule has 0 aliphatic carbocycles. The summed E-state index contributed by atoms with van der Waals surface area (Å²) in [7, 11) is -1.72. The summed E-state index contributed by atoms with van der Waals surface area (Å²) < 4.78 is 51.1. The number of anilines is 1. The number of rotatable bonds is 4. The zero-order valence-electron chi connectivity index (χ0n) is 15.6. The van der Waals surface area contributed by atoms with Crippen LogP contribution in [0, 0.1) is 10.7 Å². The molecule has 1 amide bonds. The van der Waals surface area contributed by atoms with Crippen molar-refractivity contribution in [3.63, 3.8) is 0 Å². The lowest BCUT2D eigenvalue weighted by molar-refractivity contribution is 0.101. The molecule has 1 aliphatic rings. The van der Waals surface area contributed by atoms with Gasteiger partial charge in [-0.15, -0.1) is 0 Å². The number of aromatic nitrogens is 2. The molecular weight excluding hydrogens is 388 g/mol. The second kappa shape index (κ2) is 7.44. The van der Waals surface area contributed by atoms with Gasteiger partial charge in [-0.3, -0.25) is 9.78 Å². The number of hydrogen-bond acceptors (Lipinski definition) is 4. The SMILES string of the molecule is CC(C)[C@H]1C=Cc2c(cn(C)c2C(=O)Nc2ccnc(C(F)F)c2)S(=N)(=O)N1. The highest BCUT2D eigenvalue weighted by molar-refractivity contribution is 7.90. The van der Waals surface area contributed by atoms with Crippen LogP contribution in [0.3, 0.4) is 0 Å². The first-order chi connectivity index (χ1) is 13.1. The van der Waals surface area contributed by atoms with Crippen LogP contribution >= 0.6 is 0 Å². The summed E-state index contributed by atoms with van der Waals surface area (Å²) in [5, 5.41) is 2.57. The zero-order valence-corrected chi connectivity index (χ0v) is 16.4. The Hall–Kier alpha value is -2.59. The van der Waals surface area contributed by atoms with E-state index in [1.165, 1.54) is 23.0 Å². The Labute approximate surface area is 162 Å². The number of hydrogen-bond donors (Lipinski definition) is 3. The summed E-state index contributed by atoms with van der Waals surface area (Å²) in [6.07, 6.45) is 3.38. The summed E-state index contributed by atoms with van der Waals surface area (Å²) in [6.45, 7) is 3.87. The number of fused-ring (bicyclic) bond motifs is 1. The fraction of sp³-hybridized carbons (Fsp3) is 0.333. The number of amides is 1. The molecule has 0 spiro atoms. The summed E-state index contributed by atoms with van der Waals surface area (Å²) >= 11 is 0. The number of nitrogens with one attached hydrogen (secondary N) is 3. The molecule has 0 fully saturated rings. The molecule has 150 valence electrons. The molecule has 2 atom stereocenters. The zero-order chi connectivity index (χ0) is 20.6. The quantitative estimate of drug-likeness (QED) is 0.720. The van der Waals surface area contributed by atoms with Crippen LogP contribution in [0.5, 0.6) is 0 Å². The van der Waals surface area contributed by atoms with E-state index >= 15 is 0 Å². The summed E-state index contributed by atoms with van der Waals surface area (Å²) in [5.74, 6) is -0.458. The van der Waals surface area contributed by atoms with Gasteiger partial charge in [-0.2, -0.15) is 0 Å². The third-order valence-electron chi connectivity index (χ3n) is 4.46. The Kier molecular flexibility index (Phi) is 5.35. The van der Waals surface area contributed by atoms with E-state index in [2.05, 4.69) is 15.0 Å². The van der Waals surface area contributed by atoms with Crippen molar-refractivity contribution < 1.29 is 17.8 Å². The predicted molar refractivity (Wildman–Crippen MR) is 102 cm³/mol. The van der Waals surface area contributed by atoms with Crippen molar-refractivity contribution >= 4 is 27.6 Å². The molecule has 7 nitrogen and oxygen atoms in total. The smallest absolute Gasteiger partial charge is 0.280 e. The monoisotopic (exact) mass is 409 g/mol. The molecule has 2 aromatic heterocycles. The molecule has 0 bridgehead atoms. The maximum absolute atomic E-state index is 12.9. The van der Waals surface area contributed by atoms with E-state index in [0.717, 1.165) is 6.07 Å². The number of pyridine rings is 1. The third-order valence-corrected chi connectivity index (χ3v) is 6.01. The summed E-state index contributed by atoms with van der Waals surface area (Å²) in [6, 6.07) is 2.22. The van der Waals surface area contributed by atoms with Gasteiger partial charge in [0, 0.05) is 36.7 Å². The molecule has 3 N–H and O–H groups in total. The number of carbonyl (C=O) groups excluding carboxylic acids is 1. The Morgan fingerprint density at radius 3 is 2.79 bits per heavy atom. The first kappa shape index (κ1) is 20.2. The molecule has 1 unspecified atom stereocenters. The molecule has 10 heteroatoms. The van der Waals surface area contributed by atoms with Gasteiger partial charge in [-0.25, -0.2) is 22.5 Å². The van der Waals surface area contributed by atoms with Crippen LogP contribution in [0.4, 0.5) is 14.5 Å². The van der Waals surface area contributed by atoms with Gasteiger partial charge in [0.1, 0.15) is 21.3 Å². The lowest BCUT2D eigenvalue weighted by Crippen LogP contribution is -2.35. The van der Waals surface area contributed by atoms with Crippen LogP contribution in [0.15, 0.2) is 35.5 Å². The van der Waals surface area contributed by atoms with Crippen LogP contribution in [0.1, 0.15) is 42.0 Å².